The highest BCUT2D eigenvalue weighted by Crippen LogP contribution is 2.35. The lowest BCUT2D eigenvalue weighted by molar-refractivity contribution is -0.384. The van der Waals surface area contributed by atoms with Crippen molar-refractivity contribution in [2.45, 2.75) is 4.90 Å². The molecule has 0 bridgehead atoms. The molecule has 11 heteroatoms. The fraction of sp³-hybridized carbons (Fsp3) is 0.136. The van der Waals surface area contributed by atoms with Gasteiger partial charge in [-0.15, -0.1) is 0 Å². The topological polar surface area (TPSA) is 128 Å². The van der Waals surface area contributed by atoms with Gasteiger partial charge in [0.05, 0.1) is 29.7 Å². The molecule has 1 N–H and O–H groups in total. The molecule has 0 aromatic heterocycles. The van der Waals surface area contributed by atoms with E-state index in [4.69, 9.17) is 9.47 Å². The van der Waals surface area contributed by atoms with Crippen LogP contribution in [0.1, 0.15) is 0 Å². The predicted molar refractivity (Wildman–Crippen MR) is 122 cm³/mol. The Morgan fingerprint density at radius 2 is 1.73 bits per heavy atom. The Morgan fingerprint density at radius 1 is 1.00 bits per heavy atom. The van der Waals surface area contributed by atoms with Gasteiger partial charge in [-0.2, -0.15) is 0 Å². The maximum absolute atomic E-state index is 13.5. The van der Waals surface area contributed by atoms with Crippen molar-refractivity contribution in [3.8, 4) is 11.5 Å². The monoisotopic (exact) mass is 471 g/mol. The average Bonchev–Trinajstić information content (AvgIpc) is 2.82. The number of ether oxygens (including phenoxy) is 2. The largest absolute Gasteiger partial charge is 0.497 e. The van der Waals surface area contributed by atoms with Crippen LogP contribution < -0.4 is 19.1 Å². The molecule has 3 aromatic rings. The molecule has 172 valence electrons. The van der Waals surface area contributed by atoms with Gasteiger partial charge in [0, 0.05) is 23.9 Å². The van der Waals surface area contributed by atoms with E-state index in [0.717, 1.165) is 4.31 Å². The quantitative estimate of drug-likeness (QED) is 0.374. The first-order chi connectivity index (χ1) is 15.8. The SMILES string of the molecule is COc1ccc(N(CC(=O)Nc2cccc([N+](=O)[O-])c2)S(=O)(=O)c2ccccc2)c(OC)c1. The minimum atomic E-state index is -4.17. The van der Waals surface area contributed by atoms with Crippen molar-refractivity contribution < 1.29 is 27.6 Å². The van der Waals surface area contributed by atoms with E-state index in [9.17, 15) is 23.3 Å². The number of methoxy groups -OCH3 is 2. The molecule has 0 saturated heterocycles. The molecule has 0 atom stereocenters. The summed E-state index contributed by atoms with van der Waals surface area (Å²) < 4.78 is 38.3. The number of carbonyl (C=O) groups excluding carboxylic acids is 1. The third-order valence-corrected chi connectivity index (χ3v) is 6.39. The highest BCUT2D eigenvalue weighted by molar-refractivity contribution is 7.92. The summed E-state index contributed by atoms with van der Waals surface area (Å²) in [6, 6.07) is 17.5. The summed E-state index contributed by atoms with van der Waals surface area (Å²) in [6.45, 7) is -0.609. The first-order valence-corrected chi connectivity index (χ1v) is 11.0. The van der Waals surface area contributed by atoms with E-state index in [-0.39, 0.29) is 27.7 Å². The third-order valence-electron chi connectivity index (χ3n) is 4.61. The summed E-state index contributed by atoms with van der Waals surface area (Å²) in [5.41, 5.74) is 0.0719. The number of carbonyl (C=O) groups is 1. The van der Waals surface area contributed by atoms with Crippen LogP contribution >= 0.6 is 0 Å². The van der Waals surface area contributed by atoms with Crippen molar-refractivity contribution >= 4 is 33.0 Å². The molecule has 0 aliphatic rings. The van der Waals surface area contributed by atoms with Gasteiger partial charge in [-0.05, 0) is 30.3 Å². The van der Waals surface area contributed by atoms with Crippen LogP contribution in [-0.2, 0) is 14.8 Å². The van der Waals surface area contributed by atoms with Crippen molar-refractivity contribution in [2.75, 3.05) is 30.4 Å². The number of benzene rings is 3. The minimum absolute atomic E-state index is 0.0222. The van der Waals surface area contributed by atoms with E-state index >= 15 is 0 Å². The number of nitrogens with zero attached hydrogens (tertiary/aromatic N) is 2. The highest BCUT2D eigenvalue weighted by Gasteiger charge is 2.29. The zero-order valence-corrected chi connectivity index (χ0v) is 18.6. The van der Waals surface area contributed by atoms with Gasteiger partial charge in [-0.1, -0.05) is 24.3 Å². The second kappa shape index (κ2) is 10.0. The minimum Gasteiger partial charge on any atom is -0.497 e. The molecular weight excluding hydrogens is 450 g/mol. The van der Waals surface area contributed by atoms with E-state index in [0.29, 0.717) is 5.75 Å². The van der Waals surface area contributed by atoms with Crippen LogP contribution in [0.3, 0.4) is 0 Å². The van der Waals surface area contributed by atoms with Crippen molar-refractivity contribution in [1.29, 1.82) is 0 Å². The molecule has 3 aromatic carbocycles. The molecule has 0 heterocycles. The summed E-state index contributed by atoms with van der Waals surface area (Å²) in [6.07, 6.45) is 0. The number of sulfonamides is 1. The Hall–Kier alpha value is -4.12. The average molecular weight is 471 g/mol. The van der Waals surface area contributed by atoms with Crippen molar-refractivity contribution in [3.63, 3.8) is 0 Å². The van der Waals surface area contributed by atoms with Crippen LogP contribution in [0.2, 0.25) is 0 Å². The maximum Gasteiger partial charge on any atom is 0.271 e. The number of anilines is 2. The van der Waals surface area contributed by atoms with Gasteiger partial charge in [0.2, 0.25) is 5.91 Å². The maximum atomic E-state index is 13.5. The van der Waals surface area contributed by atoms with Gasteiger partial charge in [0.25, 0.3) is 15.7 Å². The summed E-state index contributed by atoms with van der Waals surface area (Å²) in [7, 11) is -1.34. The number of amides is 1. The van der Waals surface area contributed by atoms with Crippen LogP contribution in [-0.4, -0.2) is 40.0 Å². The Morgan fingerprint density at radius 3 is 2.36 bits per heavy atom. The second-order valence-electron chi connectivity index (χ2n) is 6.72. The molecule has 0 saturated carbocycles. The van der Waals surface area contributed by atoms with E-state index in [1.165, 1.54) is 62.8 Å². The smallest absolute Gasteiger partial charge is 0.271 e. The Balaban J connectivity index is 2.00. The normalized spacial score (nSPS) is 10.8. The number of nitro groups is 1. The van der Waals surface area contributed by atoms with Crippen LogP contribution in [0.25, 0.3) is 0 Å². The second-order valence-corrected chi connectivity index (χ2v) is 8.58. The molecule has 10 nitrogen and oxygen atoms in total. The van der Waals surface area contributed by atoms with Crippen LogP contribution in [0.15, 0.2) is 77.7 Å². The van der Waals surface area contributed by atoms with Gasteiger partial charge in [-0.25, -0.2) is 8.42 Å². The Labute approximate surface area is 190 Å². The lowest BCUT2D eigenvalue weighted by Crippen LogP contribution is -2.38. The molecule has 0 aliphatic carbocycles. The highest BCUT2D eigenvalue weighted by atomic mass is 32.2. The fourth-order valence-corrected chi connectivity index (χ4v) is 4.49. The van der Waals surface area contributed by atoms with Gasteiger partial charge in [0.1, 0.15) is 18.0 Å². The van der Waals surface area contributed by atoms with Gasteiger partial charge < -0.3 is 14.8 Å². The molecule has 0 aliphatic heterocycles. The lowest BCUT2D eigenvalue weighted by Gasteiger charge is -2.26. The van der Waals surface area contributed by atoms with E-state index in [1.54, 1.807) is 24.3 Å². The molecule has 0 unspecified atom stereocenters. The zero-order valence-electron chi connectivity index (χ0n) is 17.8. The van der Waals surface area contributed by atoms with Crippen LogP contribution in [0, 0.1) is 10.1 Å². The molecule has 0 spiro atoms. The molecule has 0 radical (unpaired) electrons. The standard InChI is InChI=1S/C22H21N3O7S/c1-31-18-11-12-20(21(14-18)32-2)24(33(29,30)19-9-4-3-5-10-19)15-22(26)23-16-7-6-8-17(13-16)25(27)28/h3-14H,15H2,1-2H3,(H,23,26). The molecule has 0 fully saturated rings. The first-order valence-electron chi connectivity index (χ1n) is 9.60. The van der Waals surface area contributed by atoms with Crippen molar-refractivity contribution in [2.24, 2.45) is 0 Å². The summed E-state index contributed by atoms with van der Waals surface area (Å²) in [5.74, 6) is -0.0846. The summed E-state index contributed by atoms with van der Waals surface area (Å²) in [5, 5.41) is 13.5. The Kier molecular flexibility index (Phi) is 7.13. The lowest BCUT2D eigenvalue weighted by atomic mass is 10.2. The molecule has 1 amide bonds. The third kappa shape index (κ3) is 5.39. The predicted octanol–water partition coefficient (Wildman–Crippen LogP) is 3.45. The zero-order chi connectivity index (χ0) is 24.0. The number of non-ortho nitro benzene ring substituents is 1. The summed E-state index contributed by atoms with van der Waals surface area (Å²) in [4.78, 5) is 23.2. The van der Waals surface area contributed by atoms with Crippen LogP contribution in [0.5, 0.6) is 11.5 Å². The molecule has 3 rings (SSSR count). The molecular formula is C22H21N3O7S. The number of nitro benzene ring substituents is 1. The number of rotatable bonds is 9. The van der Waals surface area contributed by atoms with E-state index in [1.807, 2.05) is 0 Å². The fourth-order valence-electron chi connectivity index (χ4n) is 3.04. The number of hydrogen-bond donors (Lipinski definition) is 1. The molecule has 33 heavy (non-hydrogen) atoms. The van der Waals surface area contributed by atoms with Gasteiger partial charge in [0.15, 0.2) is 0 Å². The number of nitrogens with one attached hydrogen (secondary N) is 1. The van der Waals surface area contributed by atoms with Crippen LogP contribution in [0.4, 0.5) is 17.1 Å². The first kappa shape index (κ1) is 23.5. The van der Waals surface area contributed by atoms with Gasteiger partial charge in [-0.3, -0.25) is 19.2 Å². The number of hydrogen-bond acceptors (Lipinski definition) is 7. The van der Waals surface area contributed by atoms with E-state index < -0.39 is 27.4 Å². The Bertz CT molecular complexity index is 1260. The van der Waals surface area contributed by atoms with Crippen molar-refractivity contribution in [3.05, 3.63) is 82.9 Å². The summed E-state index contributed by atoms with van der Waals surface area (Å²) >= 11 is 0. The van der Waals surface area contributed by atoms with Gasteiger partial charge >= 0.3 is 0 Å². The van der Waals surface area contributed by atoms with Crippen molar-refractivity contribution in [1.82, 2.24) is 0 Å². The van der Waals surface area contributed by atoms with E-state index in [2.05, 4.69) is 5.32 Å².